The molecule has 0 radical (unpaired) electrons. The van der Waals surface area contributed by atoms with Gasteiger partial charge in [-0.1, -0.05) is 32.9 Å². The van der Waals surface area contributed by atoms with E-state index in [9.17, 15) is 4.79 Å². The van der Waals surface area contributed by atoms with Crippen LogP contribution in [-0.2, 0) is 16.1 Å². The average Bonchev–Trinajstić information content (AvgIpc) is 2.49. The zero-order chi connectivity index (χ0) is 15.0. The van der Waals surface area contributed by atoms with Gasteiger partial charge in [0.1, 0.15) is 6.04 Å². The molecule has 0 aliphatic rings. The van der Waals surface area contributed by atoms with Crippen molar-refractivity contribution in [3.8, 4) is 0 Å². The van der Waals surface area contributed by atoms with Gasteiger partial charge in [0.15, 0.2) is 0 Å². The zero-order valence-corrected chi connectivity index (χ0v) is 13.0. The number of nitrogens with zero attached hydrogens (tertiary/aromatic N) is 1. The Labute approximate surface area is 122 Å². The topological polar surface area (TPSA) is 41.6 Å². The molecule has 0 saturated carbocycles. The van der Waals surface area contributed by atoms with E-state index in [0.717, 1.165) is 25.3 Å². The molecule has 1 aromatic carbocycles. The van der Waals surface area contributed by atoms with E-state index >= 15 is 0 Å². The molecule has 1 unspecified atom stereocenters. The highest BCUT2D eigenvalue weighted by molar-refractivity contribution is 5.79. The molecule has 1 atom stereocenters. The van der Waals surface area contributed by atoms with Crippen LogP contribution in [0.4, 0.5) is 5.69 Å². The molecule has 1 rings (SSSR count). The second-order valence-electron chi connectivity index (χ2n) is 4.79. The van der Waals surface area contributed by atoms with E-state index in [0.29, 0.717) is 6.42 Å². The normalized spacial score (nSPS) is 12.2. The first-order valence-corrected chi connectivity index (χ1v) is 7.30. The van der Waals surface area contributed by atoms with Gasteiger partial charge in [-0.2, -0.15) is 0 Å². The molecule has 0 aliphatic carbocycles. The summed E-state index contributed by atoms with van der Waals surface area (Å²) in [4.78, 5) is 14.0. The Morgan fingerprint density at radius 2 is 2.00 bits per heavy atom. The Morgan fingerprint density at radius 1 is 1.30 bits per heavy atom. The van der Waals surface area contributed by atoms with Crippen molar-refractivity contribution < 1.29 is 9.53 Å². The summed E-state index contributed by atoms with van der Waals surface area (Å²) in [6, 6.07) is 7.93. The van der Waals surface area contributed by atoms with Crippen molar-refractivity contribution in [1.82, 2.24) is 4.90 Å². The van der Waals surface area contributed by atoms with Gasteiger partial charge in [0.2, 0.25) is 0 Å². The lowest BCUT2D eigenvalue weighted by molar-refractivity contribution is -0.141. The number of esters is 1. The van der Waals surface area contributed by atoms with E-state index in [1.807, 2.05) is 19.1 Å². The maximum Gasteiger partial charge on any atom is 0.328 e. The molecule has 0 aromatic heterocycles. The number of hydrogen-bond donors (Lipinski definition) is 1. The van der Waals surface area contributed by atoms with Crippen LogP contribution in [-0.4, -0.2) is 37.1 Å². The molecule has 20 heavy (non-hydrogen) atoms. The first kappa shape index (κ1) is 16.5. The van der Waals surface area contributed by atoms with Crippen molar-refractivity contribution in [1.29, 1.82) is 0 Å². The summed E-state index contributed by atoms with van der Waals surface area (Å²) in [5.41, 5.74) is 2.21. The van der Waals surface area contributed by atoms with Crippen molar-refractivity contribution in [3.63, 3.8) is 0 Å². The number of hydrogen-bond acceptors (Lipinski definition) is 4. The number of carbonyl (C=O) groups excluding carboxylic acids is 1. The third-order valence-corrected chi connectivity index (χ3v) is 3.46. The highest BCUT2D eigenvalue weighted by Crippen LogP contribution is 2.15. The molecule has 1 N–H and O–H groups in total. The van der Waals surface area contributed by atoms with Gasteiger partial charge in [-0.05, 0) is 37.2 Å². The number of methoxy groups -OCH3 is 1. The average molecular weight is 278 g/mol. The predicted molar refractivity (Wildman–Crippen MR) is 82.8 cm³/mol. The molecular formula is C16H26N2O2. The van der Waals surface area contributed by atoms with Crippen LogP contribution in [0.25, 0.3) is 0 Å². The van der Waals surface area contributed by atoms with Gasteiger partial charge in [-0.25, -0.2) is 4.79 Å². The summed E-state index contributed by atoms with van der Waals surface area (Å²) in [5.74, 6) is -0.221. The van der Waals surface area contributed by atoms with E-state index in [2.05, 4.69) is 36.2 Å². The van der Waals surface area contributed by atoms with Gasteiger partial charge in [0, 0.05) is 12.2 Å². The van der Waals surface area contributed by atoms with Crippen LogP contribution >= 0.6 is 0 Å². The van der Waals surface area contributed by atoms with E-state index in [1.54, 1.807) is 0 Å². The lowest BCUT2D eigenvalue weighted by Gasteiger charge is -2.20. The summed E-state index contributed by atoms with van der Waals surface area (Å²) >= 11 is 0. The molecule has 0 amide bonds. The fraction of sp³-hybridized carbons (Fsp3) is 0.562. The van der Waals surface area contributed by atoms with E-state index in [-0.39, 0.29) is 12.0 Å². The highest BCUT2D eigenvalue weighted by atomic mass is 16.5. The zero-order valence-electron chi connectivity index (χ0n) is 13.0. The predicted octanol–water partition coefficient (Wildman–Crippen LogP) is 2.89. The maximum absolute atomic E-state index is 11.6. The Bertz CT molecular complexity index is 417. The van der Waals surface area contributed by atoms with Crippen LogP contribution in [0.3, 0.4) is 0 Å². The molecule has 112 valence electrons. The Balaban J connectivity index is 2.74. The number of benzene rings is 1. The third-order valence-electron chi connectivity index (χ3n) is 3.46. The summed E-state index contributed by atoms with van der Waals surface area (Å²) in [7, 11) is 1.42. The number of rotatable bonds is 8. The summed E-state index contributed by atoms with van der Waals surface area (Å²) in [5, 5.41) is 3.24. The van der Waals surface area contributed by atoms with Gasteiger partial charge in [-0.15, -0.1) is 0 Å². The minimum atomic E-state index is -0.288. The van der Waals surface area contributed by atoms with E-state index in [1.165, 1.54) is 12.7 Å². The molecule has 0 saturated heterocycles. The number of nitrogens with one attached hydrogen (secondary N) is 1. The molecule has 0 bridgehead atoms. The molecule has 0 spiro atoms. The SMILES string of the molecule is CCC(Nc1cccc(CN(CC)CC)c1)C(=O)OC. The monoisotopic (exact) mass is 278 g/mol. The molecule has 0 fully saturated rings. The second kappa shape index (κ2) is 8.59. The van der Waals surface area contributed by atoms with Crippen LogP contribution < -0.4 is 5.32 Å². The fourth-order valence-electron chi connectivity index (χ4n) is 2.14. The first-order chi connectivity index (χ1) is 9.64. The standard InChI is InChI=1S/C16H26N2O2/c1-5-15(16(19)20-4)17-14-10-8-9-13(11-14)12-18(6-2)7-3/h8-11,15,17H,5-7,12H2,1-4H3. The van der Waals surface area contributed by atoms with Crippen LogP contribution in [0.5, 0.6) is 0 Å². The van der Waals surface area contributed by atoms with Gasteiger partial charge in [0.25, 0.3) is 0 Å². The van der Waals surface area contributed by atoms with Gasteiger partial charge in [-0.3, -0.25) is 4.90 Å². The van der Waals surface area contributed by atoms with Crippen molar-refractivity contribution >= 4 is 11.7 Å². The van der Waals surface area contributed by atoms with Crippen molar-refractivity contribution in [2.75, 3.05) is 25.5 Å². The van der Waals surface area contributed by atoms with Crippen molar-refractivity contribution in [2.24, 2.45) is 0 Å². The molecule has 4 nitrogen and oxygen atoms in total. The smallest absolute Gasteiger partial charge is 0.328 e. The number of carbonyl (C=O) groups is 1. The largest absolute Gasteiger partial charge is 0.467 e. The summed E-state index contributed by atoms with van der Waals surface area (Å²) < 4.78 is 4.80. The Kier molecular flexibility index (Phi) is 7.09. The maximum atomic E-state index is 11.6. The lowest BCUT2D eigenvalue weighted by atomic mass is 10.1. The highest BCUT2D eigenvalue weighted by Gasteiger charge is 2.16. The molecule has 1 aromatic rings. The van der Waals surface area contributed by atoms with Crippen LogP contribution in [0.2, 0.25) is 0 Å². The van der Waals surface area contributed by atoms with E-state index < -0.39 is 0 Å². The van der Waals surface area contributed by atoms with Crippen molar-refractivity contribution in [2.45, 2.75) is 39.8 Å². The van der Waals surface area contributed by atoms with E-state index in [4.69, 9.17) is 4.74 Å². The number of ether oxygens (including phenoxy) is 1. The summed E-state index contributed by atoms with van der Waals surface area (Å²) in [6.45, 7) is 9.29. The molecule has 0 heterocycles. The van der Waals surface area contributed by atoms with Crippen molar-refractivity contribution in [3.05, 3.63) is 29.8 Å². The molecule has 4 heteroatoms. The van der Waals surface area contributed by atoms with Crippen LogP contribution in [0, 0.1) is 0 Å². The van der Waals surface area contributed by atoms with Gasteiger partial charge >= 0.3 is 5.97 Å². The minimum absolute atomic E-state index is 0.221. The molecular weight excluding hydrogens is 252 g/mol. The fourth-order valence-corrected chi connectivity index (χ4v) is 2.14. The Hall–Kier alpha value is -1.55. The van der Waals surface area contributed by atoms with Crippen LogP contribution in [0.15, 0.2) is 24.3 Å². The third kappa shape index (κ3) is 4.85. The Morgan fingerprint density at radius 3 is 2.55 bits per heavy atom. The number of anilines is 1. The van der Waals surface area contributed by atoms with Gasteiger partial charge < -0.3 is 10.1 Å². The minimum Gasteiger partial charge on any atom is -0.467 e. The second-order valence-corrected chi connectivity index (χ2v) is 4.79. The quantitative estimate of drug-likeness (QED) is 0.742. The first-order valence-electron chi connectivity index (χ1n) is 7.30. The van der Waals surface area contributed by atoms with Gasteiger partial charge in [0.05, 0.1) is 7.11 Å². The van der Waals surface area contributed by atoms with Crippen LogP contribution in [0.1, 0.15) is 32.8 Å². The molecule has 0 aliphatic heterocycles. The summed E-state index contributed by atoms with van der Waals surface area (Å²) in [6.07, 6.45) is 0.701. The lowest BCUT2D eigenvalue weighted by Crippen LogP contribution is -2.29.